The monoisotopic (exact) mass is 420 g/mol. The Kier molecular flexibility index (Phi) is 4.82. The lowest BCUT2D eigenvalue weighted by molar-refractivity contribution is -0.116. The van der Waals surface area contributed by atoms with Crippen molar-refractivity contribution in [1.29, 1.82) is 0 Å². The van der Waals surface area contributed by atoms with E-state index in [4.69, 9.17) is 4.74 Å². The number of nitrogens with zero attached hydrogens (tertiary/aromatic N) is 3. The number of fused-ring (bicyclic) bond motifs is 1. The summed E-state index contributed by atoms with van der Waals surface area (Å²) in [5.74, 6) is -0.0631. The van der Waals surface area contributed by atoms with Gasteiger partial charge in [0.2, 0.25) is 11.0 Å². The van der Waals surface area contributed by atoms with Crippen molar-refractivity contribution in [3.8, 4) is 0 Å². The zero-order valence-corrected chi connectivity index (χ0v) is 15.8. The molecule has 3 heterocycles. The Bertz CT molecular complexity index is 901. The van der Waals surface area contributed by atoms with Gasteiger partial charge in [-0.15, -0.1) is 10.2 Å². The number of carbonyl (C=O) groups excluding carboxylic acids is 1. The van der Waals surface area contributed by atoms with Crippen molar-refractivity contribution in [2.24, 2.45) is 0 Å². The lowest BCUT2D eigenvalue weighted by atomic mass is 10.2. The quantitative estimate of drug-likeness (QED) is 0.673. The normalized spacial score (nSPS) is 17.2. The van der Waals surface area contributed by atoms with E-state index >= 15 is 0 Å². The van der Waals surface area contributed by atoms with E-state index in [0.29, 0.717) is 18.1 Å². The summed E-state index contributed by atoms with van der Waals surface area (Å²) in [4.78, 5) is 12.2. The molecule has 1 aliphatic heterocycles. The molecule has 1 N–H and O–H groups in total. The van der Waals surface area contributed by atoms with Crippen LogP contribution in [0.5, 0.6) is 0 Å². The molecule has 1 amide bonds. The Morgan fingerprint density at radius 2 is 2.32 bits per heavy atom. The second-order valence-corrected chi connectivity index (χ2v) is 7.88. The molecule has 25 heavy (non-hydrogen) atoms. The molecule has 130 valence electrons. The summed E-state index contributed by atoms with van der Waals surface area (Å²) >= 11 is 4.88. The highest BCUT2D eigenvalue weighted by molar-refractivity contribution is 9.10. The summed E-state index contributed by atoms with van der Waals surface area (Å²) in [5.41, 5.74) is 1.11. The van der Waals surface area contributed by atoms with Crippen LogP contribution in [0, 0.1) is 0 Å². The number of hydrogen-bond acceptors (Lipinski definition) is 5. The third-order valence-corrected chi connectivity index (χ3v) is 5.63. The molecule has 1 aromatic carbocycles. The topological polar surface area (TPSA) is 69.0 Å². The predicted octanol–water partition coefficient (Wildman–Crippen LogP) is 4.14. The highest BCUT2D eigenvalue weighted by atomic mass is 79.9. The van der Waals surface area contributed by atoms with Crippen LogP contribution >= 0.6 is 27.3 Å². The third kappa shape index (κ3) is 3.75. The summed E-state index contributed by atoms with van der Waals surface area (Å²) < 4.78 is 8.70. The molecule has 8 heteroatoms. The van der Waals surface area contributed by atoms with E-state index in [2.05, 4.69) is 54.2 Å². The Morgan fingerprint density at radius 1 is 1.40 bits per heavy atom. The fourth-order valence-corrected chi connectivity index (χ4v) is 4.14. The first-order valence-electron chi connectivity index (χ1n) is 8.18. The maximum absolute atomic E-state index is 12.2. The summed E-state index contributed by atoms with van der Waals surface area (Å²) in [7, 11) is 0. The van der Waals surface area contributed by atoms with Crippen LogP contribution in [0.3, 0.4) is 0 Å². The number of amides is 1. The number of ether oxygens (including phenoxy) is 1. The molecule has 2 aromatic heterocycles. The highest BCUT2D eigenvalue weighted by Crippen LogP contribution is 2.31. The van der Waals surface area contributed by atoms with E-state index in [-0.39, 0.29) is 12.0 Å². The average Bonchev–Trinajstić information content (AvgIpc) is 3.33. The average molecular weight is 421 g/mol. The van der Waals surface area contributed by atoms with E-state index in [1.165, 1.54) is 11.3 Å². The van der Waals surface area contributed by atoms with Crippen molar-refractivity contribution in [3.05, 3.63) is 39.9 Å². The van der Waals surface area contributed by atoms with Crippen LogP contribution in [-0.2, 0) is 16.1 Å². The van der Waals surface area contributed by atoms with Crippen LogP contribution in [0.2, 0.25) is 0 Å². The van der Waals surface area contributed by atoms with Gasteiger partial charge in [0.25, 0.3) is 0 Å². The van der Waals surface area contributed by atoms with Gasteiger partial charge in [0, 0.05) is 35.8 Å². The Morgan fingerprint density at radius 3 is 3.16 bits per heavy atom. The number of halogens is 1. The van der Waals surface area contributed by atoms with Crippen molar-refractivity contribution in [3.63, 3.8) is 0 Å². The fourth-order valence-electron chi connectivity index (χ4n) is 2.94. The number of aromatic nitrogens is 3. The number of benzene rings is 1. The summed E-state index contributed by atoms with van der Waals surface area (Å²) in [6.07, 6.45) is 4.44. The molecule has 6 nitrogen and oxygen atoms in total. The van der Waals surface area contributed by atoms with E-state index in [1.54, 1.807) is 0 Å². The summed E-state index contributed by atoms with van der Waals surface area (Å²) in [6, 6.07) is 8.19. The Hall–Kier alpha value is -1.77. The lowest BCUT2D eigenvalue weighted by Crippen LogP contribution is -2.14. The molecule has 1 fully saturated rings. The maximum atomic E-state index is 12.2. The third-order valence-electron chi connectivity index (χ3n) is 4.21. The van der Waals surface area contributed by atoms with E-state index < -0.39 is 0 Å². The van der Waals surface area contributed by atoms with Crippen LogP contribution < -0.4 is 5.32 Å². The highest BCUT2D eigenvalue weighted by Gasteiger charge is 2.22. The minimum Gasteiger partial charge on any atom is -0.371 e. The lowest BCUT2D eigenvalue weighted by Gasteiger charge is -2.06. The number of anilines is 1. The van der Waals surface area contributed by atoms with Crippen LogP contribution in [0.4, 0.5) is 5.13 Å². The molecule has 1 atom stereocenters. The molecular formula is C17H17BrN4O2S. The molecule has 0 bridgehead atoms. The molecular weight excluding hydrogens is 404 g/mol. The smallest absolute Gasteiger partial charge is 0.227 e. The standard InChI is InChI=1S/C17H17BrN4O2S/c18-12-4-3-11-5-7-22(13(11)10-12)8-6-15(23)19-17-21-20-16(25-17)14-2-1-9-24-14/h3-5,7,10,14H,1-2,6,8-9H2,(H,19,21,23)/t14-/m0/s1. The summed E-state index contributed by atoms with van der Waals surface area (Å²) in [6.45, 7) is 1.38. The zero-order chi connectivity index (χ0) is 17.2. The van der Waals surface area contributed by atoms with Gasteiger partial charge < -0.3 is 14.6 Å². The minimum absolute atomic E-state index is 0.0350. The SMILES string of the molecule is O=C(CCn1ccc2ccc(Br)cc21)Nc1nnc([C@@H]2CCCO2)s1. The van der Waals surface area contributed by atoms with Crippen LogP contribution in [0.15, 0.2) is 34.9 Å². The Balaban J connectivity index is 1.36. The van der Waals surface area contributed by atoms with Crippen molar-refractivity contribution >= 4 is 49.2 Å². The van der Waals surface area contributed by atoms with Crippen molar-refractivity contribution < 1.29 is 9.53 Å². The predicted molar refractivity (Wildman–Crippen MR) is 101 cm³/mol. The first-order chi connectivity index (χ1) is 12.2. The molecule has 0 spiro atoms. The van der Waals surface area contributed by atoms with Gasteiger partial charge in [-0.25, -0.2) is 0 Å². The van der Waals surface area contributed by atoms with Gasteiger partial charge in [-0.2, -0.15) is 0 Å². The first-order valence-corrected chi connectivity index (χ1v) is 9.79. The number of hydrogen-bond donors (Lipinski definition) is 1. The van der Waals surface area contributed by atoms with Crippen LogP contribution in [-0.4, -0.2) is 27.3 Å². The van der Waals surface area contributed by atoms with Crippen LogP contribution in [0.25, 0.3) is 10.9 Å². The van der Waals surface area contributed by atoms with Gasteiger partial charge in [-0.3, -0.25) is 4.79 Å². The largest absolute Gasteiger partial charge is 0.371 e. The van der Waals surface area contributed by atoms with E-state index in [1.807, 2.05) is 12.3 Å². The molecule has 1 saturated heterocycles. The molecule has 1 aliphatic rings. The van der Waals surface area contributed by atoms with Gasteiger partial charge in [0.05, 0.1) is 0 Å². The molecule has 0 radical (unpaired) electrons. The fraction of sp³-hybridized carbons (Fsp3) is 0.353. The summed E-state index contributed by atoms with van der Waals surface area (Å²) in [5, 5.41) is 13.6. The van der Waals surface area contributed by atoms with Crippen molar-refractivity contribution in [2.75, 3.05) is 11.9 Å². The van der Waals surface area contributed by atoms with Gasteiger partial charge in [0.15, 0.2) is 0 Å². The van der Waals surface area contributed by atoms with Gasteiger partial charge in [-0.1, -0.05) is 33.3 Å². The molecule has 0 saturated carbocycles. The van der Waals surface area contributed by atoms with E-state index in [0.717, 1.165) is 39.8 Å². The zero-order valence-electron chi connectivity index (χ0n) is 13.4. The van der Waals surface area contributed by atoms with E-state index in [9.17, 15) is 4.79 Å². The van der Waals surface area contributed by atoms with Crippen molar-refractivity contribution in [2.45, 2.75) is 31.9 Å². The number of rotatable bonds is 5. The number of aryl methyl sites for hydroxylation is 1. The first kappa shape index (κ1) is 16.7. The Labute approximate surface area is 157 Å². The second-order valence-electron chi connectivity index (χ2n) is 5.96. The van der Waals surface area contributed by atoms with Gasteiger partial charge >= 0.3 is 0 Å². The van der Waals surface area contributed by atoms with Crippen LogP contribution in [0.1, 0.15) is 30.4 Å². The van der Waals surface area contributed by atoms with Gasteiger partial charge in [0.1, 0.15) is 11.1 Å². The molecule has 0 unspecified atom stereocenters. The second kappa shape index (κ2) is 7.23. The minimum atomic E-state index is -0.0631. The number of nitrogens with one attached hydrogen (secondary N) is 1. The molecule has 4 rings (SSSR count). The number of carbonyl (C=O) groups is 1. The van der Waals surface area contributed by atoms with Gasteiger partial charge in [-0.05, 0) is 36.4 Å². The maximum Gasteiger partial charge on any atom is 0.227 e. The molecule has 3 aromatic rings. The molecule has 0 aliphatic carbocycles. The van der Waals surface area contributed by atoms with Crippen molar-refractivity contribution in [1.82, 2.24) is 14.8 Å².